The van der Waals surface area contributed by atoms with Crippen molar-refractivity contribution in [2.24, 2.45) is 5.73 Å². The number of hydrogen-bond acceptors (Lipinski definition) is 5. The van der Waals surface area contributed by atoms with Crippen molar-refractivity contribution < 1.29 is 13.7 Å². The minimum absolute atomic E-state index is 0.223. The van der Waals surface area contributed by atoms with Gasteiger partial charge in [0.2, 0.25) is 0 Å². The Morgan fingerprint density at radius 3 is 2.39 bits per heavy atom. The van der Waals surface area contributed by atoms with E-state index in [-0.39, 0.29) is 6.54 Å². The van der Waals surface area contributed by atoms with Crippen LogP contribution in [0.2, 0.25) is 5.02 Å². The molecule has 174 valence electrons. The van der Waals surface area contributed by atoms with Gasteiger partial charge in [-0.3, -0.25) is 0 Å². The van der Waals surface area contributed by atoms with Gasteiger partial charge in [0.1, 0.15) is 26.3 Å². The first-order valence-corrected chi connectivity index (χ1v) is 13.0. The SMILES string of the molecule is CC(C)(C)OC(=O)C1(NS(=O)c2ccc(-c3ccc(Cl)cc3)s2)CC1(CN)c1ccccc1. The molecule has 3 N–H and O–H groups in total. The number of esters is 1. The molecule has 1 fully saturated rings. The van der Waals surface area contributed by atoms with Gasteiger partial charge in [-0.2, -0.15) is 0 Å². The highest BCUT2D eigenvalue weighted by Crippen LogP contribution is 2.58. The van der Waals surface area contributed by atoms with Gasteiger partial charge < -0.3 is 10.5 Å². The number of thiophene rings is 1. The lowest BCUT2D eigenvalue weighted by atomic mass is 9.90. The Kier molecular flexibility index (Phi) is 6.55. The summed E-state index contributed by atoms with van der Waals surface area (Å²) in [6.45, 7) is 5.69. The van der Waals surface area contributed by atoms with E-state index in [4.69, 9.17) is 22.1 Å². The Morgan fingerprint density at radius 2 is 1.79 bits per heavy atom. The summed E-state index contributed by atoms with van der Waals surface area (Å²) >= 11 is 7.40. The Bertz CT molecular complexity index is 1170. The maximum Gasteiger partial charge on any atom is 0.328 e. The van der Waals surface area contributed by atoms with Crippen LogP contribution in [0, 0.1) is 0 Å². The van der Waals surface area contributed by atoms with Gasteiger partial charge in [-0.1, -0.05) is 54.1 Å². The van der Waals surface area contributed by atoms with Crippen molar-refractivity contribution >= 4 is 39.9 Å². The second kappa shape index (κ2) is 8.96. The van der Waals surface area contributed by atoms with E-state index < -0.39 is 33.5 Å². The number of nitrogens with two attached hydrogens (primary N) is 1. The molecule has 0 amide bonds. The minimum atomic E-state index is -1.63. The van der Waals surface area contributed by atoms with E-state index in [1.165, 1.54) is 11.3 Å². The first-order chi connectivity index (χ1) is 15.6. The fraction of sp³-hybridized carbons (Fsp3) is 0.320. The summed E-state index contributed by atoms with van der Waals surface area (Å²) in [6, 6.07) is 20.9. The third-order valence-corrected chi connectivity index (χ3v) is 8.76. The Hall–Kier alpha value is -2.03. The largest absolute Gasteiger partial charge is 0.459 e. The second-order valence-corrected chi connectivity index (χ2v) is 12.2. The van der Waals surface area contributed by atoms with Crippen LogP contribution >= 0.6 is 22.9 Å². The van der Waals surface area contributed by atoms with E-state index in [2.05, 4.69) is 4.72 Å². The fourth-order valence-electron chi connectivity index (χ4n) is 4.08. The number of halogens is 1. The average molecular weight is 503 g/mol. The van der Waals surface area contributed by atoms with E-state index in [0.29, 0.717) is 15.7 Å². The summed E-state index contributed by atoms with van der Waals surface area (Å²) < 4.78 is 23.0. The molecule has 2 aromatic carbocycles. The summed E-state index contributed by atoms with van der Waals surface area (Å²) in [6.07, 6.45) is 0.413. The Morgan fingerprint density at radius 1 is 1.12 bits per heavy atom. The molecule has 3 unspecified atom stereocenters. The number of carbonyl (C=O) groups is 1. The van der Waals surface area contributed by atoms with Gasteiger partial charge in [0.05, 0.1) is 0 Å². The summed E-state index contributed by atoms with van der Waals surface area (Å²) in [7, 11) is -1.63. The zero-order chi connectivity index (χ0) is 23.9. The van der Waals surface area contributed by atoms with Crippen LogP contribution in [0.15, 0.2) is 70.9 Å². The zero-order valence-corrected chi connectivity index (χ0v) is 21.2. The van der Waals surface area contributed by atoms with Crippen LogP contribution in [0.5, 0.6) is 0 Å². The molecule has 3 aromatic rings. The number of hydrogen-bond donors (Lipinski definition) is 2. The molecule has 1 aromatic heterocycles. The van der Waals surface area contributed by atoms with Gasteiger partial charge in [-0.05, 0) is 62.6 Å². The molecule has 1 aliphatic carbocycles. The summed E-state index contributed by atoms with van der Waals surface area (Å²) in [5.41, 5.74) is 5.59. The van der Waals surface area contributed by atoms with E-state index >= 15 is 0 Å². The lowest BCUT2D eigenvalue weighted by molar-refractivity contribution is -0.158. The quantitative estimate of drug-likeness (QED) is 0.442. The van der Waals surface area contributed by atoms with Crippen molar-refractivity contribution in [3.05, 3.63) is 77.3 Å². The molecule has 0 saturated heterocycles. The van der Waals surface area contributed by atoms with Gasteiger partial charge in [0, 0.05) is 21.9 Å². The molecule has 1 saturated carbocycles. The molecule has 0 radical (unpaired) electrons. The van der Waals surface area contributed by atoms with Crippen LogP contribution in [0.25, 0.3) is 10.4 Å². The molecule has 33 heavy (non-hydrogen) atoms. The lowest BCUT2D eigenvalue weighted by Crippen LogP contribution is -2.51. The normalized spacial score (nSPS) is 23.2. The maximum atomic E-state index is 13.4. The van der Waals surface area contributed by atoms with Gasteiger partial charge in [-0.25, -0.2) is 13.7 Å². The van der Waals surface area contributed by atoms with Crippen LogP contribution in [-0.2, 0) is 25.9 Å². The standard InChI is InChI=1S/C25H27ClN2O3S2/c1-23(2,3)31-22(29)25(15-24(25,16-27)18-7-5-4-6-8-18)28-33(30)21-14-13-20(32-21)17-9-11-19(26)12-10-17/h4-14,28H,15-16,27H2,1-3H3. The van der Waals surface area contributed by atoms with E-state index in [1.54, 1.807) is 0 Å². The molecule has 1 aliphatic rings. The van der Waals surface area contributed by atoms with E-state index in [9.17, 15) is 9.00 Å². The maximum absolute atomic E-state index is 13.4. The van der Waals surface area contributed by atoms with Crippen LogP contribution in [0.1, 0.15) is 32.8 Å². The summed E-state index contributed by atoms with van der Waals surface area (Å²) in [5.74, 6) is -0.438. The lowest BCUT2D eigenvalue weighted by Gasteiger charge is -2.28. The third kappa shape index (κ3) is 4.66. The molecule has 0 aliphatic heterocycles. The summed E-state index contributed by atoms with van der Waals surface area (Å²) in [5, 5.41) is 0.660. The minimum Gasteiger partial charge on any atom is -0.459 e. The first-order valence-electron chi connectivity index (χ1n) is 10.6. The highest BCUT2D eigenvalue weighted by molar-refractivity contribution is 7.85. The van der Waals surface area contributed by atoms with Gasteiger partial charge in [0.15, 0.2) is 0 Å². The van der Waals surface area contributed by atoms with E-state index in [1.807, 2.05) is 87.5 Å². The second-order valence-electron chi connectivity index (χ2n) is 9.23. The van der Waals surface area contributed by atoms with Crippen LogP contribution in [-0.4, -0.2) is 27.9 Å². The predicted octanol–water partition coefficient (Wildman–Crippen LogP) is 5.06. The Labute approximate surface area is 205 Å². The number of ether oxygens (including phenoxy) is 1. The number of nitrogens with one attached hydrogen (secondary N) is 1. The van der Waals surface area contributed by atoms with Crippen molar-refractivity contribution in [2.75, 3.05) is 6.54 Å². The molecule has 5 nitrogen and oxygen atoms in total. The fourth-order valence-corrected chi connectivity index (χ4v) is 6.61. The van der Waals surface area contributed by atoms with E-state index in [0.717, 1.165) is 16.0 Å². The highest BCUT2D eigenvalue weighted by atomic mass is 35.5. The van der Waals surface area contributed by atoms with Crippen LogP contribution in [0.4, 0.5) is 0 Å². The first kappa shape index (κ1) is 24.1. The van der Waals surface area contributed by atoms with Gasteiger partial charge in [0.25, 0.3) is 0 Å². The van der Waals surface area contributed by atoms with Crippen LogP contribution in [0.3, 0.4) is 0 Å². The molecule has 4 rings (SSSR count). The Balaban J connectivity index is 1.65. The van der Waals surface area contributed by atoms with Crippen molar-refractivity contribution in [2.45, 2.75) is 48.0 Å². The van der Waals surface area contributed by atoms with Crippen molar-refractivity contribution in [1.82, 2.24) is 4.72 Å². The highest BCUT2D eigenvalue weighted by Gasteiger charge is 2.74. The third-order valence-electron chi connectivity index (χ3n) is 5.84. The molecular weight excluding hydrogens is 476 g/mol. The topological polar surface area (TPSA) is 81.4 Å². The van der Waals surface area contributed by atoms with Crippen molar-refractivity contribution in [3.8, 4) is 10.4 Å². The number of carbonyl (C=O) groups excluding carboxylic acids is 1. The molecule has 1 heterocycles. The molecule has 8 heteroatoms. The smallest absolute Gasteiger partial charge is 0.328 e. The molecule has 3 atom stereocenters. The molecular formula is C25H27ClN2O3S2. The van der Waals surface area contributed by atoms with Gasteiger partial charge in [-0.15, -0.1) is 11.3 Å². The molecule has 0 spiro atoms. The monoisotopic (exact) mass is 502 g/mol. The summed E-state index contributed by atoms with van der Waals surface area (Å²) in [4.78, 5) is 14.4. The molecule has 0 bridgehead atoms. The van der Waals surface area contributed by atoms with Crippen molar-refractivity contribution in [3.63, 3.8) is 0 Å². The van der Waals surface area contributed by atoms with Crippen LogP contribution < -0.4 is 10.5 Å². The van der Waals surface area contributed by atoms with Gasteiger partial charge >= 0.3 is 5.97 Å². The zero-order valence-electron chi connectivity index (χ0n) is 18.8. The predicted molar refractivity (Wildman–Crippen MR) is 135 cm³/mol. The van der Waals surface area contributed by atoms with Crippen molar-refractivity contribution in [1.29, 1.82) is 0 Å². The number of benzene rings is 2. The average Bonchev–Trinajstić information content (AvgIpc) is 3.18. The number of rotatable bonds is 7.